The van der Waals surface area contributed by atoms with Gasteiger partial charge in [-0.25, -0.2) is 0 Å². The number of nitrogens with two attached hydrogens (primary N) is 1. The predicted octanol–water partition coefficient (Wildman–Crippen LogP) is 1.49. The van der Waals surface area contributed by atoms with Gasteiger partial charge >= 0.3 is 0 Å². The van der Waals surface area contributed by atoms with Crippen LogP contribution in [0.15, 0.2) is 12.3 Å². The molecule has 0 spiro atoms. The molecular formula is C14H24N4O. The highest BCUT2D eigenvalue weighted by molar-refractivity contribution is 5.82. The fourth-order valence-corrected chi connectivity index (χ4v) is 2.61. The van der Waals surface area contributed by atoms with Crippen LogP contribution in [0.2, 0.25) is 0 Å². The van der Waals surface area contributed by atoms with E-state index in [9.17, 15) is 4.79 Å². The first-order valence-electron chi connectivity index (χ1n) is 7.17. The lowest BCUT2D eigenvalue weighted by Crippen LogP contribution is -2.49. The molecule has 2 unspecified atom stereocenters. The fraction of sp³-hybridized carbons (Fsp3) is 0.714. The van der Waals surface area contributed by atoms with Crippen LogP contribution in [-0.4, -0.2) is 40.1 Å². The molecule has 1 aromatic rings. The van der Waals surface area contributed by atoms with E-state index in [1.807, 2.05) is 17.9 Å². The topological polar surface area (TPSA) is 75.0 Å². The quantitative estimate of drug-likeness (QED) is 0.865. The van der Waals surface area contributed by atoms with Crippen LogP contribution < -0.4 is 5.73 Å². The Balaban J connectivity index is 1.87. The van der Waals surface area contributed by atoms with Gasteiger partial charge in [0.15, 0.2) is 0 Å². The van der Waals surface area contributed by atoms with E-state index in [4.69, 9.17) is 5.73 Å². The van der Waals surface area contributed by atoms with Gasteiger partial charge in [-0.1, -0.05) is 20.3 Å². The number of nitrogens with zero attached hydrogens (tertiary/aromatic N) is 2. The van der Waals surface area contributed by atoms with Crippen LogP contribution in [0, 0.1) is 5.92 Å². The van der Waals surface area contributed by atoms with Crippen LogP contribution >= 0.6 is 0 Å². The van der Waals surface area contributed by atoms with Crippen LogP contribution in [0.3, 0.4) is 0 Å². The number of likely N-dealkylation sites (tertiary alicyclic amines) is 1. The van der Waals surface area contributed by atoms with Gasteiger partial charge in [0.1, 0.15) is 0 Å². The van der Waals surface area contributed by atoms with Gasteiger partial charge in [-0.2, -0.15) is 5.10 Å². The number of nitrogens with one attached hydrogen (secondary N) is 1. The third-order valence-corrected chi connectivity index (χ3v) is 4.31. The van der Waals surface area contributed by atoms with Crippen LogP contribution in [0.5, 0.6) is 0 Å². The summed E-state index contributed by atoms with van der Waals surface area (Å²) in [6.07, 6.45) is 4.70. The highest BCUT2D eigenvalue weighted by Crippen LogP contribution is 2.26. The van der Waals surface area contributed by atoms with Crippen LogP contribution in [0.4, 0.5) is 0 Å². The van der Waals surface area contributed by atoms with Gasteiger partial charge in [-0.15, -0.1) is 0 Å². The van der Waals surface area contributed by atoms with Crippen molar-refractivity contribution < 1.29 is 4.79 Å². The van der Waals surface area contributed by atoms with Gasteiger partial charge in [0.2, 0.25) is 5.91 Å². The number of hydrogen-bond acceptors (Lipinski definition) is 3. The number of aromatic amines is 1. The molecule has 2 rings (SSSR count). The van der Waals surface area contributed by atoms with Crippen molar-refractivity contribution in [3.05, 3.63) is 18.0 Å². The van der Waals surface area contributed by atoms with Gasteiger partial charge < -0.3 is 10.6 Å². The van der Waals surface area contributed by atoms with Crippen molar-refractivity contribution in [2.45, 2.75) is 45.1 Å². The summed E-state index contributed by atoms with van der Waals surface area (Å²) in [5, 5.41) is 7.01. The Morgan fingerprint density at radius 3 is 2.79 bits per heavy atom. The van der Waals surface area contributed by atoms with E-state index in [1.54, 1.807) is 6.20 Å². The molecule has 19 heavy (non-hydrogen) atoms. The molecule has 2 heterocycles. The first kappa shape index (κ1) is 14.1. The third-order valence-electron chi connectivity index (χ3n) is 4.31. The van der Waals surface area contributed by atoms with Crippen molar-refractivity contribution in [2.75, 3.05) is 13.1 Å². The van der Waals surface area contributed by atoms with E-state index >= 15 is 0 Å². The number of aromatic nitrogens is 2. The molecule has 2 atom stereocenters. The third kappa shape index (κ3) is 3.15. The zero-order valence-corrected chi connectivity index (χ0v) is 11.8. The van der Waals surface area contributed by atoms with Gasteiger partial charge in [-0.05, 0) is 24.8 Å². The predicted molar refractivity (Wildman–Crippen MR) is 74.6 cm³/mol. The van der Waals surface area contributed by atoms with Crippen molar-refractivity contribution in [1.82, 2.24) is 15.1 Å². The summed E-state index contributed by atoms with van der Waals surface area (Å²) in [6.45, 7) is 5.71. The van der Waals surface area contributed by atoms with E-state index in [0.717, 1.165) is 32.4 Å². The van der Waals surface area contributed by atoms with E-state index in [2.05, 4.69) is 17.1 Å². The molecule has 1 amide bonds. The van der Waals surface area contributed by atoms with Crippen molar-refractivity contribution in [1.29, 1.82) is 0 Å². The molecule has 1 saturated heterocycles. The highest BCUT2D eigenvalue weighted by Gasteiger charge is 2.29. The summed E-state index contributed by atoms with van der Waals surface area (Å²) >= 11 is 0. The number of carbonyl (C=O) groups is 1. The molecule has 3 N–H and O–H groups in total. The molecule has 1 aromatic heterocycles. The summed E-state index contributed by atoms with van der Waals surface area (Å²) in [4.78, 5) is 14.2. The highest BCUT2D eigenvalue weighted by atomic mass is 16.2. The lowest BCUT2D eigenvalue weighted by Gasteiger charge is -2.34. The summed E-state index contributed by atoms with van der Waals surface area (Å²) < 4.78 is 0. The number of amides is 1. The maximum absolute atomic E-state index is 12.3. The molecular weight excluding hydrogens is 240 g/mol. The summed E-state index contributed by atoms with van der Waals surface area (Å²) in [5.41, 5.74) is 7.20. The van der Waals surface area contributed by atoms with Crippen LogP contribution in [0.1, 0.15) is 44.7 Å². The largest absolute Gasteiger partial charge is 0.341 e. The first-order valence-corrected chi connectivity index (χ1v) is 7.17. The summed E-state index contributed by atoms with van der Waals surface area (Å²) in [7, 11) is 0. The second kappa shape index (κ2) is 6.19. The molecule has 0 aliphatic carbocycles. The molecule has 0 bridgehead atoms. The zero-order chi connectivity index (χ0) is 13.8. The van der Waals surface area contributed by atoms with Gasteiger partial charge in [-0.3, -0.25) is 9.89 Å². The van der Waals surface area contributed by atoms with E-state index in [1.165, 1.54) is 5.69 Å². The van der Waals surface area contributed by atoms with E-state index < -0.39 is 0 Å². The SMILES string of the molecule is CCC(C)C(N)C(=O)N1CCC(c2ccn[nH]2)CC1. The lowest BCUT2D eigenvalue weighted by molar-refractivity contribution is -0.134. The average Bonchev–Trinajstić information content (AvgIpc) is 2.99. The van der Waals surface area contributed by atoms with Gasteiger partial charge in [0, 0.05) is 30.9 Å². The number of carbonyl (C=O) groups excluding carboxylic acids is 1. The molecule has 5 heteroatoms. The Hall–Kier alpha value is -1.36. The number of H-pyrrole nitrogens is 1. The average molecular weight is 264 g/mol. The molecule has 1 aliphatic heterocycles. The zero-order valence-electron chi connectivity index (χ0n) is 11.8. The number of rotatable bonds is 4. The van der Waals surface area contributed by atoms with Crippen molar-refractivity contribution in [2.24, 2.45) is 11.7 Å². The maximum atomic E-state index is 12.3. The van der Waals surface area contributed by atoms with Crippen molar-refractivity contribution in [3.63, 3.8) is 0 Å². The Kier molecular flexibility index (Phi) is 4.58. The second-order valence-electron chi connectivity index (χ2n) is 5.52. The Morgan fingerprint density at radius 2 is 2.26 bits per heavy atom. The molecule has 5 nitrogen and oxygen atoms in total. The van der Waals surface area contributed by atoms with E-state index in [-0.39, 0.29) is 17.9 Å². The smallest absolute Gasteiger partial charge is 0.239 e. The first-order chi connectivity index (χ1) is 9.13. The standard InChI is InChI=1S/C14H24N4O/c1-3-10(2)13(15)14(19)18-8-5-11(6-9-18)12-4-7-16-17-12/h4,7,10-11,13H,3,5-6,8-9,15H2,1-2H3,(H,16,17). The molecule has 0 saturated carbocycles. The minimum Gasteiger partial charge on any atom is -0.341 e. The monoisotopic (exact) mass is 264 g/mol. The van der Waals surface area contributed by atoms with Gasteiger partial charge in [0.05, 0.1) is 6.04 Å². The van der Waals surface area contributed by atoms with E-state index in [0.29, 0.717) is 5.92 Å². The number of piperidine rings is 1. The van der Waals surface area contributed by atoms with Gasteiger partial charge in [0.25, 0.3) is 0 Å². The molecule has 0 radical (unpaired) electrons. The summed E-state index contributed by atoms with van der Waals surface area (Å²) in [6, 6.07) is 1.67. The molecule has 0 aromatic carbocycles. The normalized spacial score (nSPS) is 20.3. The molecule has 106 valence electrons. The number of hydrogen-bond donors (Lipinski definition) is 2. The Morgan fingerprint density at radius 1 is 1.58 bits per heavy atom. The molecule has 1 aliphatic rings. The summed E-state index contributed by atoms with van der Waals surface area (Å²) in [5.74, 6) is 0.849. The Labute approximate surface area is 114 Å². The molecule has 1 fully saturated rings. The minimum absolute atomic E-state index is 0.109. The minimum atomic E-state index is -0.353. The second-order valence-corrected chi connectivity index (χ2v) is 5.52. The van der Waals surface area contributed by atoms with Crippen molar-refractivity contribution >= 4 is 5.91 Å². The Bertz CT molecular complexity index is 396. The fourth-order valence-electron chi connectivity index (χ4n) is 2.61. The van der Waals surface area contributed by atoms with Crippen LogP contribution in [-0.2, 0) is 4.79 Å². The lowest BCUT2D eigenvalue weighted by atomic mass is 9.92. The van der Waals surface area contributed by atoms with Crippen LogP contribution in [0.25, 0.3) is 0 Å². The van der Waals surface area contributed by atoms with Crippen molar-refractivity contribution in [3.8, 4) is 0 Å². The maximum Gasteiger partial charge on any atom is 0.239 e.